The Bertz CT molecular complexity index is 1930. The lowest BCUT2D eigenvalue weighted by molar-refractivity contribution is -0.132. The molecule has 2 fully saturated rings. The van der Waals surface area contributed by atoms with Crippen LogP contribution in [0.15, 0.2) is 107 Å². The lowest BCUT2D eigenvalue weighted by atomic mass is 9.77. The number of aryl methyl sites for hydroxylation is 2. The van der Waals surface area contributed by atoms with Gasteiger partial charge in [0.25, 0.3) is 0 Å². The molecule has 0 spiro atoms. The zero-order valence-corrected chi connectivity index (χ0v) is 27.8. The first-order valence-corrected chi connectivity index (χ1v) is 18.2. The van der Waals surface area contributed by atoms with Gasteiger partial charge in [-0.2, -0.15) is 8.61 Å². The first-order chi connectivity index (χ1) is 21.4. The van der Waals surface area contributed by atoms with Crippen molar-refractivity contribution in [2.45, 2.75) is 54.6 Å². The summed E-state index contributed by atoms with van der Waals surface area (Å²) in [5.74, 6) is -1.05. The SMILES string of the molecule is Cc1ccc([C@@H]2C[C@H]3[C@@H](CN2S(=O)(=O)c2ccc(Cl)cc2)C(=O)C[C@@H](c2ccc(C)cc2)N3S(=O)(=O)c2ccc(Cl)cc2)cc1. The molecule has 0 unspecified atom stereocenters. The molecule has 2 saturated heterocycles. The number of rotatable bonds is 6. The van der Waals surface area contributed by atoms with E-state index in [4.69, 9.17) is 23.2 Å². The molecule has 11 heteroatoms. The summed E-state index contributed by atoms with van der Waals surface area (Å²) in [6, 6.07) is 24.6. The molecule has 0 saturated carbocycles. The first kappa shape index (κ1) is 31.9. The molecule has 234 valence electrons. The lowest BCUT2D eigenvalue weighted by Crippen LogP contribution is -2.60. The van der Waals surface area contributed by atoms with Crippen LogP contribution in [0.2, 0.25) is 10.0 Å². The largest absolute Gasteiger partial charge is 0.299 e. The Kier molecular flexibility index (Phi) is 8.71. The molecule has 4 atom stereocenters. The minimum Gasteiger partial charge on any atom is -0.299 e. The minimum atomic E-state index is -4.16. The van der Waals surface area contributed by atoms with E-state index < -0.39 is 44.1 Å². The summed E-state index contributed by atoms with van der Waals surface area (Å²) >= 11 is 12.2. The van der Waals surface area contributed by atoms with Crippen LogP contribution in [-0.4, -0.2) is 43.8 Å². The zero-order chi connectivity index (χ0) is 32.1. The number of carbonyl (C=O) groups is 1. The number of hydrogen-bond acceptors (Lipinski definition) is 5. The fraction of sp³-hybridized carbons (Fsp3) is 0.265. The number of Topliss-reactive ketones (excluding diaryl/α,β-unsaturated/α-hetero) is 1. The molecule has 0 radical (unpaired) electrons. The summed E-state index contributed by atoms with van der Waals surface area (Å²) in [5, 5.41) is 0.797. The van der Waals surface area contributed by atoms with Gasteiger partial charge in [-0.05, 0) is 79.9 Å². The Hall–Kier alpha value is -3.05. The maximum absolute atomic E-state index is 14.6. The molecular weight excluding hydrogens is 651 g/mol. The second kappa shape index (κ2) is 12.3. The summed E-state index contributed by atoms with van der Waals surface area (Å²) < 4.78 is 60.3. The van der Waals surface area contributed by atoms with Crippen LogP contribution in [0.5, 0.6) is 0 Å². The Morgan fingerprint density at radius 1 is 0.622 bits per heavy atom. The van der Waals surface area contributed by atoms with Gasteiger partial charge in [0.05, 0.1) is 21.9 Å². The number of halogens is 2. The second-order valence-corrected chi connectivity index (χ2v) is 16.4. The van der Waals surface area contributed by atoms with Crippen LogP contribution < -0.4 is 0 Å². The van der Waals surface area contributed by atoms with E-state index in [0.717, 1.165) is 11.1 Å². The highest BCUT2D eigenvalue weighted by atomic mass is 35.5. The van der Waals surface area contributed by atoms with Gasteiger partial charge in [0.1, 0.15) is 5.78 Å². The third kappa shape index (κ3) is 6.10. The standard InChI is InChI=1S/C34H32Cl2N2O5S2/c1-22-3-7-24(8-4-22)31-19-33-30(21-37(31)44(40,41)28-15-11-26(35)12-16-28)34(39)20-32(25-9-5-23(2)6-10-25)38(33)45(42,43)29-17-13-27(36)14-18-29/h3-18,30-33H,19-21H2,1-2H3/t30-,31+,32+,33+/m1/s1. The van der Waals surface area contributed by atoms with Gasteiger partial charge in [-0.15, -0.1) is 0 Å². The third-order valence-corrected chi connectivity index (χ3v) is 13.2. The van der Waals surface area contributed by atoms with Crippen molar-refractivity contribution in [3.8, 4) is 0 Å². The predicted molar refractivity (Wildman–Crippen MR) is 175 cm³/mol. The summed E-state index contributed by atoms with van der Waals surface area (Å²) in [4.78, 5) is 14.1. The molecule has 2 aliphatic rings. The highest BCUT2D eigenvalue weighted by molar-refractivity contribution is 7.89. The summed E-state index contributed by atoms with van der Waals surface area (Å²) in [6.07, 6.45) is 0.00253. The van der Waals surface area contributed by atoms with Crippen molar-refractivity contribution in [2.75, 3.05) is 6.54 Å². The molecule has 2 heterocycles. The maximum Gasteiger partial charge on any atom is 0.243 e. The van der Waals surface area contributed by atoms with Crippen molar-refractivity contribution in [1.82, 2.24) is 8.61 Å². The van der Waals surface area contributed by atoms with Crippen molar-refractivity contribution >= 4 is 49.0 Å². The number of benzene rings is 4. The Balaban J connectivity index is 1.51. The predicted octanol–water partition coefficient (Wildman–Crippen LogP) is 7.14. The maximum atomic E-state index is 14.6. The van der Waals surface area contributed by atoms with Crippen LogP contribution in [0.25, 0.3) is 0 Å². The minimum absolute atomic E-state index is 0.0499. The summed E-state index contributed by atoms with van der Waals surface area (Å²) in [6.45, 7) is 3.71. The van der Waals surface area contributed by atoms with E-state index in [0.29, 0.717) is 21.2 Å². The fourth-order valence-corrected chi connectivity index (χ4v) is 10.2. The summed E-state index contributed by atoms with van der Waals surface area (Å²) in [5.41, 5.74) is 3.42. The number of fused-ring (bicyclic) bond motifs is 1. The van der Waals surface area contributed by atoms with E-state index in [2.05, 4.69) is 0 Å². The van der Waals surface area contributed by atoms with E-state index in [1.165, 1.54) is 57.1 Å². The third-order valence-electron chi connectivity index (χ3n) is 8.83. The smallest absolute Gasteiger partial charge is 0.243 e. The van der Waals surface area contributed by atoms with Gasteiger partial charge in [-0.25, -0.2) is 16.8 Å². The molecule has 0 amide bonds. The van der Waals surface area contributed by atoms with E-state index >= 15 is 0 Å². The molecule has 7 nitrogen and oxygen atoms in total. The number of ketones is 1. The van der Waals surface area contributed by atoms with Gasteiger partial charge < -0.3 is 0 Å². The normalized spacial score (nSPS) is 23.1. The fourth-order valence-electron chi connectivity index (χ4n) is 6.44. The van der Waals surface area contributed by atoms with E-state index in [-0.39, 0.29) is 35.0 Å². The van der Waals surface area contributed by atoms with Gasteiger partial charge in [-0.3, -0.25) is 4.79 Å². The average Bonchev–Trinajstić information content (AvgIpc) is 3.01. The highest BCUT2D eigenvalue weighted by Crippen LogP contribution is 2.48. The van der Waals surface area contributed by atoms with Crippen molar-refractivity contribution in [3.05, 3.63) is 129 Å². The van der Waals surface area contributed by atoms with Crippen LogP contribution in [0, 0.1) is 19.8 Å². The molecule has 0 aromatic heterocycles. The van der Waals surface area contributed by atoms with Crippen molar-refractivity contribution in [3.63, 3.8) is 0 Å². The van der Waals surface area contributed by atoms with Gasteiger partial charge in [0, 0.05) is 35.0 Å². The van der Waals surface area contributed by atoms with E-state index in [9.17, 15) is 21.6 Å². The van der Waals surface area contributed by atoms with E-state index in [1.54, 1.807) is 0 Å². The van der Waals surface area contributed by atoms with Crippen LogP contribution in [0.1, 0.15) is 47.2 Å². The van der Waals surface area contributed by atoms with Crippen molar-refractivity contribution in [2.24, 2.45) is 5.92 Å². The quantitative estimate of drug-likeness (QED) is 0.216. The van der Waals surface area contributed by atoms with Gasteiger partial charge >= 0.3 is 0 Å². The molecule has 4 aromatic carbocycles. The Morgan fingerprint density at radius 3 is 1.56 bits per heavy atom. The highest BCUT2D eigenvalue weighted by Gasteiger charge is 2.54. The van der Waals surface area contributed by atoms with Gasteiger partial charge in [0.2, 0.25) is 20.0 Å². The second-order valence-electron chi connectivity index (χ2n) is 11.8. The molecule has 6 rings (SSSR count). The molecule has 45 heavy (non-hydrogen) atoms. The van der Waals surface area contributed by atoms with Crippen molar-refractivity contribution < 1.29 is 21.6 Å². The van der Waals surface area contributed by atoms with Gasteiger partial charge in [-0.1, -0.05) is 82.9 Å². The molecular formula is C34H32Cl2N2O5S2. The number of nitrogens with zero attached hydrogens (tertiary/aromatic N) is 2. The number of sulfonamides is 2. The van der Waals surface area contributed by atoms with Crippen LogP contribution in [0.3, 0.4) is 0 Å². The number of piperidine rings is 2. The van der Waals surface area contributed by atoms with E-state index in [1.807, 2.05) is 62.4 Å². The molecule has 4 aromatic rings. The molecule has 0 bridgehead atoms. The Morgan fingerprint density at radius 2 is 1.07 bits per heavy atom. The van der Waals surface area contributed by atoms with Crippen LogP contribution >= 0.6 is 23.2 Å². The van der Waals surface area contributed by atoms with Crippen LogP contribution in [-0.2, 0) is 24.8 Å². The van der Waals surface area contributed by atoms with Crippen molar-refractivity contribution in [1.29, 1.82) is 0 Å². The van der Waals surface area contributed by atoms with Gasteiger partial charge in [0.15, 0.2) is 0 Å². The number of hydrogen-bond donors (Lipinski definition) is 0. The number of carbonyl (C=O) groups excluding carboxylic acids is 1. The summed E-state index contributed by atoms with van der Waals surface area (Å²) in [7, 11) is -8.26. The monoisotopic (exact) mass is 682 g/mol. The molecule has 2 aliphatic heterocycles. The molecule has 0 N–H and O–H groups in total. The Labute approximate surface area is 274 Å². The van der Waals surface area contributed by atoms with Crippen LogP contribution in [0.4, 0.5) is 0 Å². The zero-order valence-electron chi connectivity index (χ0n) is 24.7. The average molecular weight is 684 g/mol. The topological polar surface area (TPSA) is 91.8 Å². The first-order valence-electron chi connectivity index (χ1n) is 14.6. The molecule has 0 aliphatic carbocycles. The lowest BCUT2D eigenvalue weighted by Gasteiger charge is -2.51.